The fraction of sp³-hybridized carbons (Fsp3) is 0.727. The maximum Gasteiger partial charge on any atom is 0.202 e. The van der Waals surface area contributed by atoms with Gasteiger partial charge in [-0.3, -0.25) is 0 Å². The monoisotopic (exact) mass is 257 g/mol. The summed E-state index contributed by atoms with van der Waals surface area (Å²) in [6.45, 7) is 4.84. The van der Waals surface area contributed by atoms with E-state index in [4.69, 9.17) is 0 Å². The number of aromatic nitrogens is 2. The third-order valence-corrected chi connectivity index (χ3v) is 4.75. The van der Waals surface area contributed by atoms with Gasteiger partial charge >= 0.3 is 0 Å². The van der Waals surface area contributed by atoms with Gasteiger partial charge in [-0.05, 0) is 26.2 Å². The Balaban J connectivity index is 2.02. The van der Waals surface area contributed by atoms with E-state index < -0.39 is 9.84 Å². The zero-order valence-electron chi connectivity index (χ0n) is 10.3. The summed E-state index contributed by atoms with van der Waals surface area (Å²) in [5.41, 5.74) is 0. The van der Waals surface area contributed by atoms with Gasteiger partial charge in [0.2, 0.25) is 5.95 Å². The molecule has 0 saturated carbocycles. The Labute approximate surface area is 102 Å². The molecule has 1 saturated heterocycles. The first kappa shape index (κ1) is 12.4. The summed E-state index contributed by atoms with van der Waals surface area (Å²) in [5, 5.41) is 3.25. The van der Waals surface area contributed by atoms with Crippen LogP contribution in [0.3, 0.4) is 0 Å². The van der Waals surface area contributed by atoms with Crippen molar-refractivity contribution in [3.63, 3.8) is 0 Å². The second-order valence-corrected chi connectivity index (χ2v) is 7.20. The van der Waals surface area contributed by atoms with Crippen molar-refractivity contribution in [1.82, 2.24) is 9.55 Å². The van der Waals surface area contributed by atoms with Crippen molar-refractivity contribution in [2.24, 2.45) is 5.92 Å². The molecular formula is C11H19N3O2S. The Hall–Kier alpha value is -1.04. The zero-order valence-corrected chi connectivity index (χ0v) is 11.1. The lowest BCUT2D eigenvalue weighted by atomic mass is 10.1. The minimum atomic E-state index is -2.79. The highest BCUT2D eigenvalue weighted by molar-refractivity contribution is 7.91. The zero-order chi connectivity index (χ0) is 12.5. The van der Waals surface area contributed by atoms with Crippen molar-refractivity contribution in [2.75, 3.05) is 16.8 Å². The summed E-state index contributed by atoms with van der Waals surface area (Å²) >= 11 is 0. The Morgan fingerprint density at radius 2 is 2.35 bits per heavy atom. The quantitative estimate of drug-likeness (QED) is 0.878. The fourth-order valence-electron chi connectivity index (χ4n) is 2.15. The summed E-state index contributed by atoms with van der Waals surface area (Å²) in [5.74, 6) is 1.69. The molecule has 2 rings (SSSR count). The van der Waals surface area contributed by atoms with Crippen LogP contribution in [0.5, 0.6) is 0 Å². The molecule has 2 heterocycles. The molecule has 1 aromatic rings. The van der Waals surface area contributed by atoms with Crippen LogP contribution in [0, 0.1) is 5.92 Å². The van der Waals surface area contributed by atoms with E-state index in [1.807, 2.05) is 10.8 Å². The molecule has 1 atom stereocenters. The molecule has 17 heavy (non-hydrogen) atoms. The van der Waals surface area contributed by atoms with Gasteiger partial charge in [0.05, 0.1) is 11.5 Å². The van der Waals surface area contributed by atoms with Crippen LogP contribution in [0.25, 0.3) is 0 Å². The summed E-state index contributed by atoms with van der Waals surface area (Å²) in [7, 11) is -2.79. The van der Waals surface area contributed by atoms with Crippen LogP contribution in [0.1, 0.15) is 20.3 Å². The number of sulfone groups is 1. The molecule has 0 aromatic carbocycles. The average molecular weight is 257 g/mol. The lowest BCUT2D eigenvalue weighted by molar-refractivity contribution is 0.492. The largest absolute Gasteiger partial charge is 0.353 e. The highest BCUT2D eigenvalue weighted by atomic mass is 32.2. The second kappa shape index (κ2) is 4.68. The maximum atomic E-state index is 11.4. The van der Waals surface area contributed by atoms with Crippen LogP contribution in [-0.4, -0.2) is 35.5 Å². The van der Waals surface area contributed by atoms with Crippen molar-refractivity contribution >= 4 is 15.8 Å². The van der Waals surface area contributed by atoms with Crippen LogP contribution in [0.15, 0.2) is 12.4 Å². The molecule has 1 aliphatic heterocycles. The molecule has 1 aromatic heterocycles. The van der Waals surface area contributed by atoms with Gasteiger partial charge in [0.15, 0.2) is 9.84 Å². The van der Waals surface area contributed by atoms with E-state index in [0.29, 0.717) is 17.5 Å². The molecule has 1 unspecified atom stereocenters. The molecule has 0 aliphatic carbocycles. The molecule has 1 aliphatic rings. The van der Waals surface area contributed by atoms with E-state index in [1.54, 1.807) is 6.20 Å². The van der Waals surface area contributed by atoms with Crippen LogP contribution in [0.2, 0.25) is 0 Å². The maximum absolute atomic E-state index is 11.4. The van der Waals surface area contributed by atoms with E-state index in [1.165, 1.54) is 0 Å². The minimum absolute atomic E-state index is 0.224. The molecule has 0 bridgehead atoms. The lowest BCUT2D eigenvalue weighted by Crippen LogP contribution is -2.18. The SMILES string of the molecule is CC(C)Nc1nccn1CC1CCS(=O)(=O)C1. The van der Waals surface area contributed by atoms with E-state index in [9.17, 15) is 8.42 Å². The number of anilines is 1. The van der Waals surface area contributed by atoms with Gasteiger partial charge < -0.3 is 9.88 Å². The van der Waals surface area contributed by atoms with E-state index in [0.717, 1.165) is 18.9 Å². The molecule has 5 nitrogen and oxygen atoms in total. The van der Waals surface area contributed by atoms with Gasteiger partial charge in [-0.2, -0.15) is 0 Å². The first-order chi connectivity index (χ1) is 7.96. The Morgan fingerprint density at radius 3 is 2.94 bits per heavy atom. The molecule has 0 amide bonds. The minimum Gasteiger partial charge on any atom is -0.353 e. The highest BCUT2D eigenvalue weighted by Gasteiger charge is 2.28. The number of hydrogen-bond donors (Lipinski definition) is 1. The molecule has 6 heteroatoms. The first-order valence-corrected chi connectivity index (χ1v) is 7.76. The van der Waals surface area contributed by atoms with Crippen molar-refractivity contribution in [3.8, 4) is 0 Å². The van der Waals surface area contributed by atoms with Crippen molar-refractivity contribution in [1.29, 1.82) is 0 Å². The van der Waals surface area contributed by atoms with Gasteiger partial charge in [-0.1, -0.05) is 0 Å². The van der Waals surface area contributed by atoms with Crippen LogP contribution >= 0.6 is 0 Å². The number of nitrogens with one attached hydrogen (secondary N) is 1. The van der Waals surface area contributed by atoms with Crippen LogP contribution in [0.4, 0.5) is 5.95 Å². The van der Waals surface area contributed by atoms with Crippen molar-refractivity contribution < 1.29 is 8.42 Å². The second-order valence-electron chi connectivity index (χ2n) is 4.97. The molecule has 1 fully saturated rings. The number of imidazole rings is 1. The standard InChI is InChI=1S/C11H19N3O2S/c1-9(2)13-11-12-4-5-14(11)7-10-3-6-17(15,16)8-10/h4-5,9-10H,3,6-8H2,1-2H3,(H,12,13). The van der Waals surface area contributed by atoms with E-state index in [-0.39, 0.29) is 5.92 Å². The third kappa shape index (κ3) is 3.21. The normalized spacial score (nSPS) is 23.1. The van der Waals surface area contributed by atoms with Gasteiger partial charge in [0.1, 0.15) is 0 Å². The predicted octanol–water partition coefficient (Wildman–Crippen LogP) is 1.14. The smallest absolute Gasteiger partial charge is 0.202 e. The number of hydrogen-bond acceptors (Lipinski definition) is 4. The fourth-order valence-corrected chi connectivity index (χ4v) is 4.00. The highest BCUT2D eigenvalue weighted by Crippen LogP contribution is 2.21. The number of rotatable bonds is 4. The summed E-state index contributed by atoms with van der Waals surface area (Å²) in [6.07, 6.45) is 4.41. The third-order valence-electron chi connectivity index (χ3n) is 2.91. The molecule has 0 spiro atoms. The topological polar surface area (TPSA) is 64.0 Å². The lowest BCUT2D eigenvalue weighted by Gasteiger charge is -2.14. The number of nitrogens with zero attached hydrogens (tertiary/aromatic N) is 2. The van der Waals surface area contributed by atoms with Crippen LogP contribution in [-0.2, 0) is 16.4 Å². The van der Waals surface area contributed by atoms with Gasteiger partial charge in [0, 0.05) is 25.0 Å². The summed E-state index contributed by atoms with van der Waals surface area (Å²) in [6, 6.07) is 0.323. The van der Waals surface area contributed by atoms with Gasteiger partial charge in [0.25, 0.3) is 0 Å². The Kier molecular flexibility index (Phi) is 3.42. The summed E-state index contributed by atoms with van der Waals surface area (Å²) < 4.78 is 24.8. The van der Waals surface area contributed by atoms with E-state index in [2.05, 4.69) is 24.1 Å². The van der Waals surface area contributed by atoms with E-state index >= 15 is 0 Å². The summed E-state index contributed by atoms with van der Waals surface area (Å²) in [4.78, 5) is 4.24. The van der Waals surface area contributed by atoms with Crippen LogP contribution < -0.4 is 5.32 Å². The predicted molar refractivity (Wildman–Crippen MR) is 67.7 cm³/mol. The van der Waals surface area contributed by atoms with Gasteiger partial charge in [-0.25, -0.2) is 13.4 Å². The Morgan fingerprint density at radius 1 is 1.59 bits per heavy atom. The Bertz CT molecular complexity index is 479. The van der Waals surface area contributed by atoms with Gasteiger partial charge in [-0.15, -0.1) is 0 Å². The first-order valence-electron chi connectivity index (χ1n) is 5.94. The molecule has 0 radical (unpaired) electrons. The van der Waals surface area contributed by atoms with Crippen molar-refractivity contribution in [2.45, 2.75) is 32.9 Å². The van der Waals surface area contributed by atoms with Crippen molar-refractivity contribution in [3.05, 3.63) is 12.4 Å². The molecule has 96 valence electrons. The average Bonchev–Trinajstić information content (AvgIpc) is 2.74. The molecular weight excluding hydrogens is 238 g/mol. The molecule has 1 N–H and O–H groups in total.